The number of hydrogen-bond donors (Lipinski definition) is 0. The van der Waals surface area contributed by atoms with Gasteiger partial charge >= 0.3 is 0 Å². The molecule has 2 aliphatic heterocycles. The number of ether oxygens (including phenoxy) is 1. The van der Waals surface area contributed by atoms with Gasteiger partial charge in [0.2, 0.25) is 10.0 Å². The summed E-state index contributed by atoms with van der Waals surface area (Å²) in [6.07, 6.45) is 4.29. The van der Waals surface area contributed by atoms with Crippen molar-refractivity contribution in [2.45, 2.75) is 57.5 Å². The molecule has 6 nitrogen and oxygen atoms in total. The fraction of sp³-hybridized carbons (Fsp3) is 0.750. The maximum absolute atomic E-state index is 11.9. The molecule has 2 aliphatic rings. The molecule has 0 N–H and O–H groups in total. The summed E-state index contributed by atoms with van der Waals surface area (Å²) in [6, 6.07) is 7.25. The first-order valence-corrected chi connectivity index (χ1v) is 13.3. The van der Waals surface area contributed by atoms with E-state index < -0.39 is 10.0 Å². The Bertz CT molecular complexity index is 867. The van der Waals surface area contributed by atoms with Crippen molar-refractivity contribution in [3.63, 3.8) is 0 Å². The van der Waals surface area contributed by atoms with Crippen LogP contribution in [0.4, 0.5) is 0 Å². The number of likely N-dealkylation sites (N-methyl/N-ethyl adjacent to an activating group) is 2. The Morgan fingerprint density at radius 3 is 2.45 bits per heavy atom. The standard InChI is InChI=1S/C24H41N3O3S/c1-18-8-9-21(30-6)16-22(18)24(3)12-15-25(4)19(2)23(24)26(5)17-20-10-13-27(14-11-20)31(7,28)29/h8-9,16,19-20,23H,10-15,17H2,1-7H3/t19-,23+,24?/m1/s1. The Hall–Kier alpha value is -1.15. The van der Waals surface area contributed by atoms with Crippen LogP contribution in [0, 0.1) is 12.8 Å². The highest BCUT2D eigenvalue weighted by Gasteiger charge is 2.47. The van der Waals surface area contributed by atoms with Gasteiger partial charge in [0.05, 0.1) is 13.4 Å². The fourth-order valence-corrected chi connectivity index (χ4v) is 6.84. The minimum atomic E-state index is -3.08. The SMILES string of the molecule is COc1ccc(C)c(C2(C)CCN(C)[C@H](C)[C@@H]2N(C)CC2CCN(S(C)(=O)=O)CC2)c1. The second-order valence-electron chi connectivity index (χ2n) is 10.1. The van der Waals surface area contributed by atoms with Crippen molar-refractivity contribution < 1.29 is 13.2 Å². The molecule has 176 valence electrons. The predicted octanol–water partition coefficient (Wildman–Crippen LogP) is 2.96. The highest BCUT2D eigenvalue weighted by Crippen LogP contribution is 2.43. The maximum atomic E-state index is 11.9. The van der Waals surface area contributed by atoms with E-state index in [1.165, 1.54) is 17.4 Å². The van der Waals surface area contributed by atoms with Crippen LogP contribution in [-0.4, -0.2) is 88.2 Å². The van der Waals surface area contributed by atoms with Gasteiger partial charge in [0.15, 0.2) is 0 Å². The molecule has 0 saturated carbocycles. The van der Waals surface area contributed by atoms with Crippen LogP contribution in [0.15, 0.2) is 18.2 Å². The Balaban J connectivity index is 1.83. The molecule has 2 saturated heterocycles. The Kier molecular flexibility index (Phi) is 7.41. The van der Waals surface area contributed by atoms with Gasteiger partial charge in [0.1, 0.15) is 5.75 Å². The monoisotopic (exact) mass is 451 g/mol. The molecule has 1 aromatic carbocycles. The van der Waals surface area contributed by atoms with E-state index >= 15 is 0 Å². The molecule has 2 fully saturated rings. The molecule has 0 aliphatic carbocycles. The van der Waals surface area contributed by atoms with Crippen molar-refractivity contribution in [2.75, 3.05) is 53.6 Å². The molecular formula is C24H41N3O3S. The van der Waals surface area contributed by atoms with Crippen LogP contribution in [0.25, 0.3) is 0 Å². The molecule has 7 heteroatoms. The zero-order valence-electron chi connectivity index (χ0n) is 20.4. The number of benzene rings is 1. The second kappa shape index (κ2) is 9.38. The Morgan fingerprint density at radius 1 is 1.23 bits per heavy atom. The van der Waals surface area contributed by atoms with Gasteiger partial charge in [0, 0.05) is 37.1 Å². The molecule has 0 amide bonds. The van der Waals surface area contributed by atoms with Gasteiger partial charge in [-0.3, -0.25) is 0 Å². The first kappa shape index (κ1) is 24.5. The van der Waals surface area contributed by atoms with E-state index in [0.717, 1.165) is 38.1 Å². The van der Waals surface area contributed by atoms with Gasteiger partial charge in [-0.25, -0.2) is 12.7 Å². The van der Waals surface area contributed by atoms with Gasteiger partial charge in [-0.05, 0) is 82.9 Å². The van der Waals surface area contributed by atoms with Crippen LogP contribution in [0.5, 0.6) is 5.75 Å². The average molecular weight is 452 g/mol. The fourth-order valence-electron chi connectivity index (χ4n) is 5.97. The summed E-state index contributed by atoms with van der Waals surface area (Å²) in [5.41, 5.74) is 2.72. The van der Waals surface area contributed by atoms with Gasteiger partial charge in [-0.2, -0.15) is 0 Å². The number of sulfonamides is 1. The number of rotatable bonds is 6. The molecule has 0 aromatic heterocycles. The van der Waals surface area contributed by atoms with Gasteiger partial charge in [-0.15, -0.1) is 0 Å². The molecule has 0 radical (unpaired) electrons. The lowest BCUT2D eigenvalue weighted by atomic mass is 9.66. The number of hydrogen-bond acceptors (Lipinski definition) is 5. The molecule has 0 spiro atoms. The van der Waals surface area contributed by atoms with E-state index in [1.807, 2.05) is 0 Å². The van der Waals surface area contributed by atoms with Gasteiger partial charge in [0.25, 0.3) is 0 Å². The van der Waals surface area contributed by atoms with E-state index in [2.05, 4.69) is 62.9 Å². The lowest BCUT2D eigenvalue weighted by molar-refractivity contribution is 0.00997. The lowest BCUT2D eigenvalue weighted by Gasteiger charge is -2.54. The Morgan fingerprint density at radius 2 is 1.87 bits per heavy atom. The van der Waals surface area contributed by atoms with Gasteiger partial charge < -0.3 is 14.5 Å². The van der Waals surface area contributed by atoms with Gasteiger partial charge in [-0.1, -0.05) is 13.0 Å². The van der Waals surface area contributed by atoms with Crippen LogP contribution in [0.3, 0.4) is 0 Å². The van der Waals surface area contributed by atoms with Crippen molar-refractivity contribution in [3.8, 4) is 5.75 Å². The third-order valence-electron chi connectivity index (χ3n) is 7.91. The van der Waals surface area contributed by atoms with E-state index in [-0.39, 0.29) is 5.41 Å². The summed E-state index contributed by atoms with van der Waals surface area (Å²) in [5.74, 6) is 1.45. The number of likely N-dealkylation sites (tertiary alicyclic amines) is 1. The molecule has 1 aromatic rings. The average Bonchev–Trinajstić information content (AvgIpc) is 2.71. The van der Waals surface area contributed by atoms with Crippen molar-refractivity contribution in [2.24, 2.45) is 5.92 Å². The van der Waals surface area contributed by atoms with E-state index in [9.17, 15) is 8.42 Å². The van der Waals surface area contributed by atoms with Crippen LogP contribution in [-0.2, 0) is 15.4 Å². The molecule has 0 bridgehead atoms. The second-order valence-corrected chi connectivity index (χ2v) is 12.0. The van der Waals surface area contributed by atoms with Crippen molar-refractivity contribution in [1.82, 2.24) is 14.1 Å². The summed E-state index contributed by atoms with van der Waals surface area (Å²) < 4.78 is 30.9. The van der Waals surface area contributed by atoms with Crippen molar-refractivity contribution in [3.05, 3.63) is 29.3 Å². The smallest absolute Gasteiger partial charge is 0.211 e. The number of aryl methyl sites for hydroxylation is 1. The predicted molar refractivity (Wildman–Crippen MR) is 127 cm³/mol. The first-order chi connectivity index (χ1) is 14.5. The third-order valence-corrected chi connectivity index (χ3v) is 9.22. The minimum Gasteiger partial charge on any atom is -0.497 e. The number of nitrogens with zero attached hydrogens (tertiary/aromatic N) is 3. The van der Waals surface area contributed by atoms with E-state index in [4.69, 9.17) is 4.74 Å². The highest BCUT2D eigenvalue weighted by molar-refractivity contribution is 7.88. The quantitative estimate of drug-likeness (QED) is 0.666. The summed E-state index contributed by atoms with van der Waals surface area (Å²) in [4.78, 5) is 5.03. The highest BCUT2D eigenvalue weighted by atomic mass is 32.2. The summed E-state index contributed by atoms with van der Waals surface area (Å²) in [5, 5.41) is 0. The van der Waals surface area contributed by atoms with E-state index in [1.54, 1.807) is 11.4 Å². The molecular weight excluding hydrogens is 410 g/mol. The third kappa shape index (κ3) is 5.10. The lowest BCUT2D eigenvalue weighted by Crippen LogP contribution is -2.63. The topological polar surface area (TPSA) is 53.1 Å². The minimum absolute atomic E-state index is 0.0206. The summed E-state index contributed by atoms with van der Waals surface area (Å²) in [6.45, 7) is 10.3. The van der Waals surface area contributed by atoms with Crippen LogP contribution >= 0.6 is 0 Å². The zero-order chi connectivity index (χ0) is 23.0. The van der Waals surface area contributed by atoms with Crippen LogP contribution < -0.4 is 4.74 Å². The molecule has 1 unspecified atom stereocenters. The molecule has 3 rings (SSSR count). The molecule has 3 atom stereocenters. The van der Waals surface area contributed by atoms with Crippen LogP contribution in [0.1, 0.15) is 44.2 Å². The maximum Gasteiger partial charge on any atom is 0.211 e. The summed E-state index contributed by atoms with van der Waals surface area (Å²) in [7, 11) is 3.15. The first-order valence-electron chi connectivity index (χ1n) is 11.5. The number of methoxy groups -OCH3 is 1. The van der Waals surface area contributed by atoms with Crippen molar-refractivity contribution in [1.29, 1.82) is 0 Å². The number of piperidine rings is 2. The summed E-state index contributed by atoms with van der Waals surface area (Å²) >= 11 is 0. The largest absolute Gasteiger partial charge is 0.497 e. The normalized spacial score (nSPS) is 29.4. The molecule has 2 heterocycles. The Labute approximate surface area is 189 Å². The van der Waals surface area contributed by atoms with E-state index in [0.29, 0.717) is 31.1 Å². The van der Waals surface area contributed by atoms with Crippen LogP contribution in [0.2, 0.25) is 0 Å². The zero-order valence-corrected chi connectivity index (χ0v) is 21.2. The van der Waals surface area contributed by atoms with Crippen molar-refractivity contribution >= 4 is 10.0 Å². The molecule has 31 heavy (non-hydrogen) atoms.